The van der Waals surface area contributed by atoms with Crippen LogP contribution in [-0.4, -0.2) is 57.5 Å². The maximum absolute atomic E-state index is 12.0. The lowest BCUT2D eigenvalue weighted by molar-refractivity contribution is -0.160. The Morgan fingerprint density at radius 3 is 1.81 bits per heavy atom. The monoisotopic (exact) mass is 512 g/mol. The minimum Gasteiger partial charge on any atom is -0.494 e. The fraction of sp³-hybridized carbons (Fsp3) is 0.393. The third-order valence-electron chi connectivity index (χ3n) is 5.77. The molecule has 9 nitrogen and oxygen atoms in total. The molecule has 0 amide bonds. The van der Waals surface area contributed by atoms with Gasteiger partial charge in [0, 0.05) is 11.6 Å². The molecule has 0 unspecified atom stereocenters. The molecule has 0 radical (unpaired) electrons. The van der Waals surface area contributed by atoms with Crippen LogP contribution in [0.1, 0.15) is 37.5 Å². The van der Waals surface area contributed by atoms with Crippen LogP contribution in [0.3, 0.4) is 0 Å². The fourth-order valence-electron chi connectivity index (χ4n) is 3.74. The largest absolute Gasteiger partial charge is 0.494 e. The van der Waals surface area contributed by atoms with Gasteiger partial charge in [-0.3, -0.25) is 0 Å². The molecule has 0 aliphatic carbocycles. The first-order valence-corrected chi connectivity index (χ1v) is 12.1. The normalized spacial score (nSPS) is 17.1. The lowest BCUT2D eigenvalue weighted by Crippen LogP contribution is -2.38. The summed E-state index contributed by atoms with van der Waals surface area (Å²) >= 11 is 0. The van der Waals surface area contributed by atoms with Gasteiger partial charge in [-0.15, -0.1) is 0 Å². The maximum Gasteiger partial charge on any atom is 0.338 e. The van der Waals surface area contributed by atoms with Crippen LogP contribution in [0.25, 0.3) is 11.1 Å². The zero-order valence-corrected chi connectivity index (χ0v) is 21.1. The Hall–Kier alpha value is -3.69. The topological polar surface area (TPSA) is 107 Å². The third-order valence-corrected chi connectivity index (χ3v) is 5.77. The van der Waals surface area contributed by atoms with E-state index in [9.17, 15) is 14.4 Å². The number of benzene rings is 2. The number of methoxy groups -OCH3 is 2. The van der Waals surface area contributed by atoms with Crippen molar-refractivity contribution < 1.29 is 42.8 Å². The standard InChI is InChI=1S/C28H32O9/c1-4-23(29)35-18-8-6-5-7-17-34-22-15-13-20(14-16-22)19-9-11-21(12-10-19)28-36-24(26(30)32-2)25(37-28)27(31)33-3/h4,9-16,24-25,28H,1,5-8,17-18H2,2-3H3/t24-,25-/m1/s1. The summed E-state index contributed by atoms with van der Waals surface area (Å²) in [6.45, 7) is 4.39. The van der Waals surface area contributed by atoms with Crippen molar-refractivity contribution in [1.82, 2.24) is 0 Å². The van der Waals surface area contributed by atoms with Crippen LogP contribution in [0.2, 0.25) is 0 Å². The van der Waals surface area contributed by atoms with Crippen molar-refractivity contribution in [2.24, 2.45) is 0 Å². The Bertz CT molecular complexity index is 1020. The molecule has 0 saturated carbocycles. The zero-order valence-electron chi connectivity index (χ0n) is 21.1. The van der Waals surface area contributed by atoms with Gasteiger partial charge in [0.15, 0.2) is 18.5 Å². The predicted molar refractivity (Wildman–Crippen MR) is 134 cm³/mol. The Morgan fingerprint density at radius 2 is 1.30 bits per heavy atom. The molecule has 1 aliphatic rings. The highest BCUT2D eigenvalue weighted by molar-refractivity contribution is 5.86. The summed E-state index contributed by atoms with van der Waals surface area (Å²) in [6, 6.07) is 15.2. The highest BCUT2D eigenvalue weighted by Gasteiger charge is 2.47. The van der Waals surface area contributed by atoms with E-state index in [0.29, 0.717) is 18.8 Å². The van der Waals surface area contributed by atoms with E-state index in [2.05, 4.69) is 6.58 Å². The number of ether oxygens (including phenoxy) is 6. The SMILES string of the molecule is C=CC(=O)OCCCCCCOc1ccc(-c2ccc(C3O[C@@H](C(=O)OC)[C@H](C(=O)OC)O3)cc2)cc1. The molecule has 37 heavy (non-hydrogen) atoms. The van der Waals surface area contributed by atoms with Crippen molar-refractivity contribution in [1.29, 1.82) is 0 Å². The summed E-state index contributed by atoms with van der Waals surface area (Å²) in [5.41, 5.74) is 2.63. The lowest BCUT2D eigenvalue weighted by atomic mass is 10.0. The van der Waals surface area contributed by atoms with Gasteiger partial charge in [-0.05, 0) is 48.9 Å². The summed E-state index contributed by atoms with van der Waals surface area (Å²) in [7, 11) is 2.43. The first kappa shape index (κ1) is 27.9. The van der Waals surface area contributed by atoms with E-state index in [4.69, 9.17) is 28.4 Å². The molecule has 1 heterocycles. The van der Waals surface area contributed by atoms with Crippen molar-refractivity contribution in [2.75, 3.05) is 27.4 Å². The van der Waals surface area contributed by atoms with E-state index in [1.165, 1.54) is 20.3 Å². The molecule has 1 fully saturated rings. The molecule has 2 aromatic carbocycles. The summed E-state index contributed by atoms with van der Waals surface area (Å²) < 4.78 is 31.5. The van der Waals surface area contributed by atoms with Crippen LogP contribution >= 0.6 is 0 Å². The highest BCUT2D eigenvalue weighted by atomic mass is 16.8. The van der Waals surface area contributed by atoms with Gasteiger partial charge in [0.05, 0.1) is 27.4 Å². The van der Waals surface area contributed by atoms with Gasteiger partial charge in [0.1, 0.15) is 5.75 Å². The first-order chi connectivity index (χ1) is 18.0. The van der Waals surface area contributed by atoms with Crippen LogP contribution < -0.4 is 4.74 Å². The van der Waals surface area contributed by atoms with E-state index < -0.39 is 30.4 Å². The molecule has 1 aliphatic heterocycles. The molecular weight excluding hydrogens is 480 g/mol. The maximum atomic E-state index is 12.0. The van der Waals surface area contributed by atoms with Crippen molar-refractivity contribution in [3.05, 3.63) is 66.7 Å². The van der Waals surface area contributed by atoms with Crippen molar-refractivity contribution >= 4 is 17.9 Å². The van der Waals surface area contributed by atoms with E-state index in [0.717, 1.165) is 42.6 Å². The molecule has 0 aromatic heterocycles. The molecule has 2 aromatic rings. The second kappa shape index (κ2) is 14.2. The second-order valence-corrected chi connectivity index (χ2v) is 8.27. The first-order valence-electron chi connectivity index (χ1n) is 12.1. The third kappa shape index (κ3) is 7.90. The number of rotatable bonds is 13. The summed E-state index contributed by atoms with van der Waals surface area (Å²) in [6.07, 6.45) is 1.56. The fourth-order valence-corrected chi connectivity index (χ4v) is 3.74. The Balaban J connectivity index is 1.47. The molecule has 9 heteroatoms. The van der Waals surface area contributed by atoms with Crippen LogP contribution in [0.15, 0.2) is 61.2 Å². The minimum atomic E-state index is -1.20. The van der Waals surface area contributed by atoms with Gasteiger partial charge in [0.2, 0.25) is 0 Å². The van der Waals surface area contributed by atoms with Crippen LogP contribution in [0.5, 0.6) is 5.75 Å². The van der Waals surface area contributed by atoms with Crippen molar-refractivity contribution in [3.63, 3.8) is 0 Å². The second-order valence-electron chi connectivity index (χ2n) is 8.27. The quantitative estimate of drug-likeness (QED) is 0.169. The molecule has 0 N–H and O–H groups in total. The van der Waals surface area contributed by atoms with Crippen LogP contribution in [-0.2, 0) is 38.1 Å². The van der Waals surface area contributed by atoms with Gasteiger partial charge in [-0.1, -0.05) is 43.0 Å². The highest BCUT2D eigenvalue weighted by Crippen LogP contribution is 2.34. The molecule has 1 saturated heterocycles. The van der Waals surface area contributed by atoms with Crippen LogP contribution in [0, 0.1) is 0 Å². The zero-order chi connectivity index (χ0) is 26.6. The molecule has 0 spiro atoms. The van der Waals surface area contributed by atoms with Gasteiger partial charge in [0.25, 0.3) is 0 Å². The smallest absolute Gasteiger partial charge is 0.338 e. The van der Waals surface area contributed by atoms with Crippen molar-refractivity contribution in [3.8, 4) is 16.9 Å². The predicted octanol–water partition coefficient (Wildman–Crippen LogP) is 4.15. The van der Waals surface area contributed by atoms with Crippen molar-refractivity contribution in [2.45, 2.75) is 44.2 Å². The summed E-state index contributed by atoms with van der Waals surface area (Å²) in [5.74, 6) is -1.01. The van der Waals surface area contributed by atoms with Gasteiger partial charge in [-0.2, -0.15) is 0 Å². The van der Waals surface area contributed by atoms with E-state index in [1.54, 1.807) is 0 Å². The number of esters is 3. The molecule has 2 atom stereocenters. The van der Waals surface area contributed by atoms with E-state index >= 15 is 0 Å². The van der Waals surface area contributed by atoms with Gasteiger partial charge >= 0.3 is 17.9 Å². The average Bonchev–Trinajstić information content (AvgIpc) is 3.39. The Morgan fingerprint density at radius 1 is 0.784 bits per heavy atom. The number of carbonyl (C=O) groups is 3. The molecular formula is C28H32O9. The Kier molecular flexibility index (Phi) is 10.7. The summed E-state index contributed by atoms with van der Waals surface area (Å²) in [5, 5.41) is 0. The van der Waals surface area contributed by atoms with Gasteiger partial charge in [-0.25, -0.2) is 14.4 Å². The van der Waals surface area contributed by atoms with Crippen LogP contribution in [0.4, 0.5) is 0 Å². The number of hydrogen-bond donors (Lipinski definition) is 0. The lowest BCUT2D eigenvalue weighted by Gasteiger charge is -2.12. The molecule has 0 bridgehead atoms. The summed E-state index contributed by atoms with van der Waals surface area (Å²) in [4.78, 5) is 35.0. The Labute approximate surface area is 216 Å². The molecule has 198 valence electrons. The van der Waals surface area contributed by atoms with E-state index in [-0.39, 0.29) is 5.97 Å². The van der Waals surface area contributed by atoms with Gasteiger partial charge < -0.3 is 28.4 Å². The number of unbranched alkanes of at least 4 members (excludes halogenated alkanes) is 3. The van der Waals surface area contributed by atoms with E-state index in [1.807, 2.05) is 48.5 Å². The number of hydrogen-bond acceptors (Lipinski definition) is 9. The number of carbonyl (C=O) groups excluding carboxylic acids is 3. The molecule has 3 rings (SSSR count). The minimum absolute atomic E-state index is 0.387. The average molecular weight is 513 g/mol.